The van der Waals surface area contributed by atoms with Crippen molar-refractivity contribution in [2.75, 3.05) is 0 Å². The molecule has 0 bridgehead atoms. The van der Waals surface area contributed by atoms with Gasteiger partial charge in [-0.2, -0.15) is 0 Å². The topological polar surface area (TPSA) is 37.3 Å². The lowest BCUT2D eigenvalue weighted by Crippen LogP contribution is -2.50. The first-order valence-electron chi connectivity index (χ1n) is 8.57. The molecule has 0 heterocycles. The first kappa shape index (κ1) is 13.8. The Hall–Kier alpha value is -0.890. The zero-order chi connectivity index (χ0) is 14.8. The van der Waals surface area contributed by atoms with Gasteiger partial charge in [0.15, 0.2) is 5.78 Å². The van der Waals surface area contributed by atoms with Crippen LogP contribution in [-0.2, 0) is 4.79 Å². The van der Waals surface area contributed by atoms with Crippen LogP contribution in [-0.4, -0.2) is 17.0 Å². The van der Waals surface area contributed by atoms with Crippen LogP contribution in [0.2, 0.25) is 0 Å². The van der Waals surface area contributed by atoms with Crippen molar-refractivity contribution in [3.63, 3.8) is 0 Å². The van der Waals surface area contributed by atoms with E-state index in [1.54, 1.807) is 6.08 Å². The largest absolute Gasteiger partial charge is 0.393 e. The van der Waals surface area contributed by atoms with E-state index in [9.17, 15) is 9.90 Å². The Morgan fingerprint density at radius 2 is 1.95 bits per heavy atom. The zero-order valence-corrected chi connectivity index (χ0v) is 13.1. The molecule has 3 saturated carbocycles. The molecule has 0 radical (unpaired) electrons. The smallest absolute Gasteiger partial charge is 0.178 e. The first-order valence-corrected chi connectivity index (χ1v) is 8.57. The highest BCUT2D eigenvalue weighted by Crippen LogP contribution is 2.64. The van der Waals surface area contributed by atoms with E-state index in [1.807, 2.05) is 6.08 Å². The highest BCUT2D eigenvalue weighted by atomic mass is 16.3. The molecule has 3 fully saturated rings. The quantitative estimate of drug-likeness (QED) is 0.738. The summed E-state index contributed by atoms with van der Waals surface area (Å²) in [5.41, 5.74) is 1.59. The van der Waals surface area contributed by atoms with Gasteiger partial charge in [-0.15, -0.1) is 0 Å². The first-order chi connectivity index (χ1) is 9.95. The maximum atomic E-state index is 11.7. The van der Waals surface area contributed by atoms with Crippen LogP contribution < -0.4 is 0 Å². The third kappa shape index (κ3) is 1.72. The summed E-state index contributed by atoms with van der Waals surface area (Å²) in [7, 11) is 0. The van der Waals surface area contributed by atoms with Crippen LogP contribution in [0.15, 0.2) is 23.8 Å². The molecule has 0 aromatic heterocycles. The second-order valence-electron chi connectivity index (χ2n) is 8.24. The van der Waals surface area contributed by atoms with Gasteiger partial charge in [0.05, 0.1) is 6.10 Å². The molecular formula is C19H26O2. The lowest BCUT2D eigenvalue weighted by atomic mass is 9.48. The number of hydrogen-bond acceptors (Lipinski definition) is 2. The molecule has 21 heavy (non-hydrogen) atoms. The molecule has 0 aromatic carbocycles. The van der Waals surface area contributed by atoms with Crippen molar-refractivity contribution in [3.05, 3.63) is 23.8 Å². The number of aliphatic hydroxyl groups excluding tert-OH is 1. The Bertz CT molecular complexity index is 546. The second-order valence-corrected chi connectivity index (χ2v) is 8.24. The standard InChI is InChI=1S/C19H26O2/c1-18-9-7-13(20)11-12(18)3-4-14-15-5-6-17(21)19(15,2)10-8-16(14)18/h7,9,11,14-17,21H,3-6,8,10H2,1-2H3/t14-,15-,16-,17+,18+,19-/m1/s1. The van der Waals surface area contributed by atoms with Crippen LogP contribution in [0.5, 0.6) is 0 Å². The van der Waals surface area contributed by atoms with Crippen molar-refractivity contribution in [1.82, 2.24) is 0 Å². The van der Waals surface area contributed by atoms with Crippen molar-refractivity contribution >= 4 is 5.78 Å². The van der Waals surface area contributed by atoms with Crippen LogP contribution in [0.3, 0.4) is 0 Å². The molecule has 0 spiro atoms. The molecule has 0 aromatic rings. The monoisotopic (exact) mass is 286 g/mol. The molecule has 114 valence electrons. The van der Waals surface area contributed by atoms with Gasteiger partial charge in [-0.1, -0.05) is 25.5 Å². The predicted molar refractivity (Wildman–Crippen MR) is 82.6 cm³/mol. The minimum atomic E-state index is -0.100. The molecule has 0 saturated heterocycles. The van der Waals surface area contributed by atoms with Crippen LogP contribution in [0.4, 0.5) is 0 Å². The van der Waals surface area contributed by atoms with Gasteiger partial charge in [0, 0.05) is 5.41 Å². The Morgan fingerprint density at radius 1 is 1.14 bits per heavy atom. The highest BCUT2D eigenvalue weighted by molar-refractivity contribution is 6.01. The predicted octanol–water partition coefficient (Wildman–Crippen LogP) is 3.66. The van der Waals surface area contributed by atoms with E-state index in [0.717, 1.165) is 25.2 Å². The van der Waals surface area contributed by atoms with Crippen molar-refractivity contribution in [3.8, 4) is 0 Å². The summed E-state index contributed by atoms with van der Waals surface area (Å²) in [6, 6.07) is 0. The van der Waals surface area contributed by atoms with Crippen molar-refractivity contribution in [2.24, 2.45) is 28.6 Å². The maximum Gasteiger partial charge on any atom is 0.178 e. The van der Waals surface area contributed by atoms with E-state index in [0.29, 0.717) is 11.8 Å². The van der Waals surface area contributed by atoms with Gasteiger partial charge in [-0.05, 0) is 73.8 Å². The van der Waals surface area contributed by atoms with Gasteiger partial charge >= 0.3 is 0 Å². The summed E-state index contributed by atoms with van der Waals surface area (Å²) < 4.78 is 0. The van der Waals surface area contributed by atoms with Crippen LogP contribution >= 0.6 is 0 Å². The summed E-state index contributed by atoms with van der Waals surface area (Å²) in [6.45, 7) is 4.66. The minimum absolute atomic E-state index is 0.0890. The van der Waals surface area contributed by atoms with Gasteiger partial charge in [-0.25, -0.2) is 0 Å². The third-order valence-electron chi connectivity index (χ3n) is 7.51. The van der Waals surface area contributed by atoms with E-state index in [2.05, 4.69) is 19.9 Å². The van der Waals surface area contributed by atoms with Crippen molar-refractivity contribution < 1.29 is 9.90 Å². The second kappa shape index (κ2) is 4.32. The zero-order valence-electron chi connectivity index (χ0n) is 13.1. The van der Waals surface area contributed by atoms with Gasteiger partial charge in [0.2, 0.25) is 0 Å². The number of hydrogen-bond donors (Lipinski definition) is 1. The summed E-state index contributed by atoms with van der Waals surface area (Å²) in [6.07, 6.45) is 12.6. The SMILES string of the molecule is C[C@@]12CC[C@@H]3[C@H](CCC4=CC(=O)C=C[C@@]43C)[C@H]1CC[C@@H]2O. The normalized spacial score (nSPS) is 52.0. The molecule has 4 aliphatic rings. The molecule has 2 heteroatoms. The molecule has 4 aliphatic carbocycles. The fourth-order valence-electron chi connectivity index (χ4n) is 6.17. The molecule has 2 nitrogen and oxygen atoms in total. The summed E-state index contributed by atoms with van der Waals surface area (Å²) >= 11 is 0. The Labute approximate surface area is 127 Å². The molecule has 6 atom stereocenters. The molecular weight excluding hydrogens is 260 g/mol. The molecule has 0 unspecified atom stereocenters. The Balaban J connectivity index is 1.70. The van der Waals surface area contributed by atoms with E-state index >= 15 is 0 Å². The lowest BCUT2D eigenvalue weighted by Gasteiger charge is -2.56. The van der Waals surface area contributed by atoms with Crippen molar-refractivity contribution in [1.29, 1.82) is 0 Å². The highest BCUT2D eigenvalue weighted by Gasteiger charge is 2.58. The summed E-state index contributed by atoms with van der Waals surface area (Å²) in [4.78, 5) is 11.7. The number of carbonyl (C=O) groups excluding carboxylic acids is 1. The van der Waals surface area contributed by atoms with Crippen LogP contribution in [0.25, 0.3) is 0 Å². The third-order valence-corrected chi connectivity index (χ3v) is 7.51. The number of aliphatic hydroxyl groups is 1. The van der Waals surface area contributed by atoms with Gasteiger partial charge in [0.1, 0.15) is 0 Å². The minimum Gasteiger partial charge on any atom is -0.393 e. The van der Waals surface area contributed by atoms with Gasteiger partial charge in [0.25, 0.3) is 0 Å². The number of carbonyl (C=O) groups is 1. The Kier molecular flexibility index (Phi) is 2.83. The summed E-state index contributed by atoms with van der Waals surface area (Å²) in [5.74, 6) is 2.22. The lowest BCUT2D eigenvalue weighted by molar-refractivity contribution is -0.111. The number of rotatable bonds is 0. The van der Waals surface area contributed by atoms with Crippen LogP contribution in [0, 0.1) is 28.6 Å². The number of ketones is 1. The molecule has 1 N–H and O–H groups in total. The molecule has 0 aliphatic heterocycles. The Morgan fingerprint density at radius 3 is 2.76 bits per heavy atom. The molecule has 0 amide bonds. The van der Waals surface area contributed by atoms with E-state index in [1.165, 1.54) is 24.8 Å². The maximum absolute atomic E-state index is 11.7. The van der Waals surface area contributed by atoms with E-state index < -0.39 is 0 Å². The fraction of sp³-hybridized carbons (Fsp3) is 0.737. The summed E-state index contributed by atoms with van der Waals surface area (Å²) in [5, 5.41) is 10.4. The van der Waals surface area contributed by atoms with Gasteiger partial charge in [-0.3, -0.25) is 4.79 Å². The number of allylic oxidation sites excluding steroid dienone is 4. The molecule has 4 rings (SSSR count). The van der Waals surface area contributed by atoms with E-state index in [-0.39, 0.29) is 22.7 Å². The average Bonchev–Trinajstić information content (AvgIpc) is 2.76. The van der Waals surface area contributed by atoms with Gasteiger partial charge < -0.3 is 5.11 Å². The van der Waals surface area contributed by atoms with Crippen molar-refractivity contribution in [2.45, 2.75) is 58.5 Å². The van der Waals surface area contributed by atoms with Crippen LogP contribution in [0.1, 0.15) is 52.4 Å². The number of fused-ring (bicyclic) bond motifs is 5. The average molecular weight is 286 g/mol. The van der Waals surface area contributed by atoms with E-state index in [4.69, 9.17) is 0 Å². The fourth-order valence-corrected chi connectivity index (χ4v) is 6.17.